The Kier molecular flexibility index (Phi) is 4.68. The summed E-state index contributed by atoms with van der Waals surface area (Å²) in [5, 5.41) is 8.00. The molecule has 1 heterocycles. The molecule has 0 aliphatic rings. The monoisotopic (exact) mass is 233 g/mol. The standard InChI is InChI=1S/C7H11N3O2S2/c1-12-5(11)3-2-4-13-7-10-9-6(8)14-7/h2-4H2,1H3,(H2,8,9). The van der Waals surface area contributed by atoms with Crippen LogP contribution >= 0.6 is 23.1 Å². The van der Waals surface area contributed by atoms with Crippen LogP contribution in [0.5, 0.6) is 0 Å². The van der Waals surface area contributed by atoms with E-state index in [2.05, 4.69) is 14.9 Å². The van der Waals surface area contributed by atoms with E-state index >= 15 is 0 Å². The van der Waals surface area contributed by atoms with E-state index in [0.29, 0.717) is 11.6 Å². The van der Waals surface area contributed by atoms with Gasteiger partial charge in [0.15, 0.2) is 4.34 Å². The number of methoxy groups -OCH3 is 1. The highest BCUT2D eigenvalue weighted by atomic mass is 32.2. The summed E-state index contributed by atoms with van der Waals surface area (Å²) in [5.41, 5.74) is 5.41. The van der Waals surface area contributed by atoms with E-state index in [1.54, 1.807) is 11.8 Å². The summed E-state index contributed by atoms with van der Waals surface area (Å²) in [5.74, 6) is 0.645. The van der Waals surface area contributed by atoms with Crippen molar-refractivity contribution in [1.82, 2.24) is 10.2 Å². The van der Waals surface area contributed by atoms with Gasteiger partial charge in [0.05, 0.1) is 7.11 Å². The average molecular weight is 233 g/mol. The predicted octanol–water partition coefficient (Wildman–Crippen LogP) is 1.17. The number of esters is 1. The highest BCUT2D eigenvalue weighted by Gasteiger charge is 2.03. The molecule has 0 saturated carbocycles. The highest BCUT2D eigenvalue weighted by Crippen LogP contribution is 2.24. The maximum atomic E-state index is 10.8. The Morgan fingerprint density at radius 1 is 1.64 bits per heavy atom. The van der Waals surface area contributed by atoms with Crippen LogP contribution in [-0.4, -0.2) is 29.0 Å². The zero-order valence-corrected chi connectivity index (χ0v) is 9.36. The predicted molar refractivity (Wildman–Crippen MR) is 56.3 cm³/mol. The Balaban J connectivity index is 2.13. The van der Waals surface area contributed by atoms with Crippen LogP contribution in [0.4, 0.5) is 5.13 Å². The molecule has 0 aromatic carbocycles. The number of ether oxygens (including phenoxy) is 1. The second-order valence-corrected chi connectivity index (χ2v) is 4.79. The molecule has 1 aromatic heterocycles. The lowest BCUT2D eigenvalue weighted by Crippen LogP contribution is -1.99. The van der Waals surface area contributed by atoms with Crippen molar-refractivity contribution in [2.45, 2.75) is 17.2 Å². The Bertz CT molecular complexity index is 303. The van der Waals surface area contributed by atoms with Crippen molar-refractivity contribution in [3.8, 4) is 0 Å². The van der Waals surface area contributed by atoms with Crippen LogP contribution in [0.3, 0.4) is 0 Å². The van der Waals surface area contributed by atoms with E-state index in [4.69, 9.17) is 5.73 Å². The molecule has 5 nitrogen and oxygen atoms in total. The molecule has 78 valence electrons. The van der Waals surface area contributed by atoms with Crippen LogP contribution in [0.25, 0.3) is 0 Å². The number of hydrogen-bond donors (Lipinski definition) is 1. The average Bonchev–Trinajstić information content (AvgIpc) is 2.58. The van der Waals surface area contributed by atoms with Crippen LogP contribution in [0.2, 0.25) is 0 Å². The lowest BCUT2D eigenvalue weighted by molar-refractivity contribution is -0.140. The van der Waals surface area contributed by atoms with Gasteiger partial charge in [-0.1, -0.05) is 23.1 Å². The summed E-state index contributed by atoms with van der Waals surface area (Å²) in [6.45, 7) is 0. The maximum absolute atomic E-state index is 10.8. The van der Waals surface area contributed by atoms with E-state index < -0.39 is 0 Å². The van der Waals surface area contributed by atoms with Crippen molar-refractivity contribution in [1.29, 1.82) is 0 Å². The Morgan fingerprint density at radius 2 is 2.43 bits per heavy atom. The molecule has 0 atom stereocenters. The third-order valence-corrected chi connectivity index (χ3v) is 3.37. The normalized spacial score (nSPS) is 10.1. The van der Waals surface area contributed by atoms with Crippen molar-refractivity contribution < 1.29 is 9.53 Å². The minimum Gasteiger partial charge on any atom is -0.469 e. The van der Waals surface area contributed by atoms with Gasteiger partial charge in [0.1, 0.15) is 0 Å². The number of hydrogen-bond acceptors (Lipinski definition) is 7. The van der Waals surface area contributed by atoms with Gasteiger partial charge in [-0.2, -0.15) is 0 Å². The Labute approximate surface area is 90.0 Å². The number of thioether (sulfide) groups is 1. The number of carbonyl (C=O) groups excluding carboxylic acids is 1. The molecular weight excluding hydrogens is 222 g/mol. The summed E-state index contributed by atoms with van der Waals surface area (Å²) in [4.78, 5) is 10.8. The quantitative estimate of drug-likeness (QED) is 0.467. The number of rotatable bonds is 5. The molecule has 0 saturated heterocycles. The number of anilines is 1. The molecule has 0 aliphatic carbocycles. The number of carbonyl (C=O) groups is 1. The molecule has 0 aliphatic heterocycles. The molecule has 7 heteroatoms. The third-order valence-electron chi connectivity index (χ3n) is 1.40. The summed E-state index contributed by atoms with van der Waals surface area (Å²) >= 11 is 2.91. The summed E-state index contributed by atoms with van der Waals surface area (Å²) in [6, 6.07) is 0. The van der Waals surface area contributed by atoms with Crippen molar-refractivity contribution in [2.75, 3.05) is 18.6 Å². The fraction of sp³-hybridized carbons (Fsp3) is 0.571. The molecule has 0 bridgehead atoms. The molecule has 0 fully saturated rings. The largest absolute Gasteiger partial charge is 0.469 e. The van der Waals surface area contributed by atoms with Crippen LogP contribution in [-0.2, 0) is 9.53 Å². The zero-order chi connectivity index (χ0) is 10.4. The van der Waals surface area contributed by atoms with Crippen molar-refractivity contribution >= 4 is 34.2 Å². The molecular formula is C7H11N3O2S2. The first-order valence-electron chi connectivity index (χ1n) is 4.01. The fourth-order valence-corrected chi connectivity index (χ4v) is 2.40. The minimum atomic E-state index is -0.178. The SMILES string of the molecule is COC(=O)CCCSc1nnc(N)s1. The first-order chi connectivity index (χ1) is 6.72. The number of aromatic nitrogens is 2. The van der Waals surface area contributed by atoms with Gasteiger partial charge in [-0.3, -0.25) is 4.79 Å². The molecule has 1 rings (SSSR count). The molecule has 0 unspecified atom stereocenters. The molecule has 0 spiro atoms. The second-order valence-electron chi connectivity index (χ2n) is 2.43. The Morgan fingerprint density at radius 3 is 3.00 bits per heavy atom. The molecule has 2 N–H and O–H groups in total. The van der Waals surface area contributed by atoms with Gasteiger partial charge >= 0.3 is 5.97 Å². The fourth-order valence-electron chi connectivity index (χ4n) is 0.757. The summed E-state index contributed by atoms with van der Waals surface area (Å²) in [7, 11) is 1.39. The summed E-state index contributed by atoms with van der Waals surface area (Å²) < 4.78 is 5.35. The lowest BCUT2D eigenvalue weighted by atomic mass is 10.3. The van der Waals surface area contributed by atoms with Gasteiger partial charge in [-0.05, 0) is 6.42 Å². The van der Waals surface area contributed by atoms with E-state index in [-0.39, 0.29) is 5.97 Å². The van der Waals surface area contributed by atoms with E-state index in [1.807, 2.05) is 0 Å². The smallest absolute Gasteiger partial charge is 0.305 e. The third kappa shape index (κ3) is 3.93. The maximum Gasteiger partial charge on any atom is 0.305 e. The number of nitrogen functional groups attached to an aromatic ring is 1. The van der Waals surface area contributed by atoms with Crippen molar-refractivity contribution in [3.05, 3.63) is 0 Å². The first-order valence-corrected chi connectivity index (χ1v) is 5.81. The lowest BCUT2D eigenvalue weighted by Gasteiger charge is -1.97. The molecule has 1 aromatic rings. The first kappa shape index (κ1) is 11.3. The minimum absolute atomic E-state index is 0.178. The second kappa shape index (κ2) is 5.82. The summed E-state index contributed by atoms with van der Waals surface area (Å²) in [6.07, 6.45) is 1.22. The van der Waals surface area contributed by atoms with Gasteiger partial charge in [0.25, 0.3) is 0 Å². The van der Waals surface area contributed by atoms with Crippen LogP contribution in [0.15, 0.2) is 4.34 Å². The van der Waals surface area contributed by atoms with Gasteiger partial charge < -0.3 is 10.5 Å². The Hall–Kier alpha value is -0.820. The van der Waals surface area contributed by atoms with E-state index in [1.165, 1.54) is 18.4 Å². The molecule has 14 heavy (non-hydrogen) atoms. The van der Waals surface area contributed by atoms with E-state index in [0.717, 1.165) is 16.5 Å². The van der Waals surface area contributed by atoms with Gasteiger partial charge in [0.2, 0.25) is 5.13 Å². The van der Waals surface area contributed by atoms with Crippen LogP contribution in [0.1, 0.15) is 12.8 Å². The van der Waals surface area contributed by atoms with Crippen LogP contribution < -0.4 is 5.73 Å². The van der Waals surface area contributed by atoms with Gasteiger partial charge in [-0.25, -0.2) is 0 Å². The number of nitrogens with two attached hydrogens (primary N) is 1. The topological polar surface area (TPSA) is 78.1 Å². The van der Waals surface area contributed by atoms with Crippen molar-refractivity contribution in [3.63, 3.8) is 0 Å². The molecule has 0 radical (unpaired) electrons. The van der Waals surface area contributed by atoms with Crippen LogP contribution in [0, 0.1) is 0 Å². The number of nitrogens with zero attached hydrogens (tertiary/aromatic N) is 2. The zero-order valence-electron chi connectivity index (χ0n) is 7.73. The molecule has 0 amide bonds. The van der Waals surface area contributed by atoms with Gasteiger partial charge in [0, 0.05) is 12.2 Å². The highest BCUT2D eigenvalue weighted by molar-refractivity contribution is 8.01. The van der Waals surface area contributed by atoms with Crippen molar-refractivity contribution in [2.24, 2.45) is 0 Å². The van der Waals surface area contributed by atoms with E-state index in [9.17, 15) is 4.79 Å². The van der Waals surface area contributed by atoms with Gasteiger partial charge in [-0.15, -0.1) is 10.2 Å².